The normalized spacial score (nSPS) is 17.1. The Morgan fingerprint density at radius 2 is 1.83 bits per heavy atom. The highest BCUT2D eigenvalue weighted by atomic mass is 127. The number of guanidine groups is 1. The molecule has 0 amide bonds. The Balaban J connectivity index is 0.00000192. The van der Waals surface area contributed by atoms with Gasteiger partial charge in [-0.3, -0.25) is 0 Å². The maximum Gasteiger partial charge on any atom is 0.191 e. The Hall–Kier alpha value is -1.24. The predicted molar refractivity (Wildman–Crippen MR) is 109 cm³/mol. The molecule has 1 aromatic carbocycles. The number of hydrogen-bond donors (Lipinski definition) is 2. The minimum Gasteiger partial charge on any atom is -0.364 e. The van der Waals surface area contributed by atoms with Crippen LogP contribution in [0.3, 0.4) is 0 Å². The molecule has 0 atom stereocenters. The zero-order valence-electron chi connectivity index (χ0n) is 13.8. The number of aliphatic imine (C=N–C) groups is 1. The van der Waals surface area contributed by atoms with Crippen LogP contribution in [0.1, 0.15) is 25.3 Å². The smallest absolute Gasteiger partial charge is 0.191 e. The summed E-state index contributed by atoms with van der Waals surface area (Å²) < 4.78 is 0. The molecule has 0 unspecified atom stereocenters. The van der Waals surface area contributed by atoms with Crippen molar-refractivity contribution in [1.29, 1.82) is 0 Å². The van der Waals surface area contributed by atoms with E-state index in [0.717, 1.165) is 44.6 Å². The van der Waals surface area contributed by atoms with E-state index in [-0.39, 0.29) is 24.0 Å². The molecule has 0 spiro atoms. The minimum absolute atomic E-state index is 0. The van der Waals surface area contributed by atoms with Gasteiger partial charge in [0.25, 0.3) is 0 Å². The Morgan fingerprint density at radius 3 is 2.43 bits per heavy atom. The molecule has 1 saturated carbocycles. The number of hydrogen-bond acceptors (Lipinski definition) is 2. The molecular weight excluding hydrogens is 399 g/mol. The fourth-order valence-electron chi connectivity index (χ4n) is 2.58. The fraction of sp³-hybridized carbons (Fsp3) is 0.500. The van der Waals surface area contributed by atoms with Crippen molar-refractivity contribution in [1.82, 2.24) is 10.6 Å². The van der Waals surface area contributed by atoms with Crippen molar-refractivity contribution in [2.24, 2.45) is 10.9 Å². The van der Waals surface area contributed by atoms with Gasteiger partial charge in [-0.2, -0.15) is 0 Å². The van der Waals surface area contributed by atoms with Crippen LogP contribution in [0.4, 0.5) is 5.69 Å². The molecule has 0 aromatic heterocycles. The lowest BCUT2D eigenvalue weighted by Gasteiger charge is -2.17. The maximum atomic E-state index is 4.68. The van der Waals surface area contributed by atoms with Crippen LogP contribution in [0, 0.1) is 5.92 Å². The summed E-state index contributed by atoms with van der Waals surface area (Å²) in [4.78, 5) is 7.03. The van der Waals surface area contributed by atoms with Crippen molar-refractivity contribution >= 4 is 35.6 Å². The van der Waals surface area contributed by atoms with Gasteiger partial charge in [0.05, 0.1) is 6.54 Å². The third kappa shape index (κ3) is 5.71. The quantitative estimate of drug-likeness (QED) is 0.318. The van der Waals surface area contributed by atoms with Gasteiger partial charge < -0.3 is 15.5 Å². The zero-order valence-corrected chi connectivity index (χ0v) is 16.1. The fourth-order valence-corrected chi connectivity index (χ4v) is 2.58. The first-order valence-corrected chi connectivity index (χ1v) is 8.36. The summed E-state index contributed by atoms with van der Waals surface area (Å²) in [7, 11) is 0. The van der Waals surface area contributed by atoms with Crippen LogP contribution >= 0.6 is 24.0 Å². The summed E-state index contributed by atoms with van der Waals surface area (Å²) in [6.07, 6.45) is 7.15. The van der Waals surface area contributed by atoms with Crippen LogP contribution in [-0.2, 0) is 6.54 Å². The van der Waals surface area contributed by atoms with Crippen molar-refractivity contribution in [2.45, 2.75) is 26.3 Å². The molecule has 0 bridgehead atoms. The summed E-state index contributed by atoms with van der Waals surface area (Å²) in [6.45, 7) is 6.82. The molecular formula is C18H27IN4. The van der Waals surface area contributed by atoms with Crippen LogP contribution in [0.25, 0.3) is 0 Å². The molecule has 3 rings (SSSR count). The number of nitrogens with zero attached hydrogens (tertiary/aromatic N) is 2. The van der Waals surface area contributed by atoms with Gasteiger partial charge in [0, 0.05) is 31.9 Å². The second kappa shape index (κ2) is 9.15. The molecule has 23 heavy (non-hydrogen) atoms. The summed E-state index contributed by atoms with van der Waals surface area (Å²) in [6, 6.07) is 8.76. The molecule has 2 aliphatic rings. The second-order valence-electron chi connectivity index (χ2n) is 6.06. The lowest BCUT2D eigenvalue weighted by atomic mass is 10.2. The molecule has 4 nitrogen and oxygen atoms in total. The Labute approximate surface area is 156 Å². The van der Waals surface area contributed by atoms with E-state index in [4.69, 9.17) is 0 Å². The van der Waals surface area contributed by atoms with Gasteiger partial charge in [-0.15, -0.1) is 24.0 Å². The number of anilines is 1. The molecule has 1 aliphatic heterocycles. The van der Waals surface area contributed by atoms with Gasteiger partial charge in [0.1, 0.15) is 0 Å². The average Bonchev–Trinajstić information content (AvgIpc) is 3.22. The third-order valence-corrected chi connectivity index (χ3v) is 4.14. The number of nitrogens with one attached hydrogen (secondary N) is 2. The van der Waals surface area contributed by atoms with E-state index in [0.29, 0.717) is 0 Å². The number of halogens is 1. The molecule has 1 fully saturated rings. The van der Waals surface area contributed by atoms with E-state index in [1.807, 2.05) is 0 Å². The lowest BCUT2D eigenvalue weighted by Crippen LogP contribution is -2.38. The molecule has 1 aromatic rings. The second-order valence-corrected chi connectivity index (χ2v) is 6.06. The van der Waals surface area contributed by atoms with Gasteiger partial charge in [-0.1, -0.05) is 24.3 Å². The summed E-state index contributed by atoms with van der Waals surface area (Å²) >= 11 is 0. The summed E-state index contributed by atoms with van der Waals surface area (Å²) in [5.74, 6) is 1.79. The van der Waals surface area contributed by atoms with E-state index in [1.165, 1.54) is 24.1 Å². The molecule has 0 saturated heterocycles. The Kier molecular flexibility index (Phi) is 7.20. The first-order valence-electron chi connectivity index (χ1n) is 8.36. The number of benzene rings is 1. The van der Waals surface area contributed by atoms with E-state index < -0.39 is 0 Å². The molecule has 1 heterocycles. The average molecular weight is 426 g/mol. The summed E-state index contributed by atoms with van der Waals surface area (Å²) in [5, 5.41) is 6.75. The molecule has 0 radical (unpaired) electrons. The van der Waals surface area contributed by atoms with Gasteiger partial charge in [-0.05, 0) is 43.4 Å². The van der Waals surface area contributed by atoms with Crippen LogP contribution < -0.4 is 15.5 Å². The highest BCUT2D eigenvalue weighted by Gasteiger charge is 2.20. The van der Waals surface area contributed by atoms with E-state index in [2.05, 4.69) is 63.9 Å². The Bertz CT molecular complexity index is 526. The monoisotopic (exact) mass is 426 g/mol. The first-order chi connectivity index (χ1) is 10.8. The Morgan fingerprint density at radius 1 is 1.13 bits per heavy atom. The van der Waals surface area contributed by atoms with Crippen molar-refractivity contribution in [3.05, 3.63) is 42.0 Å². The largest absolute Gasteiger partial charge is 0.364 e. The lowest BCUT2D eigenvalue weighted by molar-refractivity contribution is 0.739. The van der Waals surface area contributed by atoms with Crippen molar-refractivity contribution < 1.29 is 0 Å². The van der Waals surface area contributed by atoms with E-state index in [9.17, 15) is 0 Å². The van der Waals surface area contributed by atoms with Gasteiger partial charge in [0.2, 0.25) is 0 Å². The number of rotatable bonds is 6. The SMILES string of the molecule is CCNC(=NCc1ccc(N2CC=CC2)cc1)NCC1CC1.I. The predicted octanol–water partition coefficient (Wildman–Crippen LogP) is 3.15. The van der Waals surface area contributed by atoms with Gasteiger partial charge in [0.15, 0.2) is 5.96 Å². The maximum absolute atomic E-state index is 4.68. The molecule has 126 valence electrons. The van der Waals surface area contributed by atoms with Crippen LogP contribution in [-0.4, -0.2) is 32.1 Å². The standard InChI is InChI=1S/C18H26N4.HI/c1-2-19-18(20-13-15-5-6-15)21-14-16-7-9-17(10-8-16)22-11-3-4-12-22;/h3-4,7-10,15H,2,5-6,11-14H2,1H3,(H2,19,20,21);1H. The molecule has 2 N–H and O–H groups in total. The third-order valence-electron chi connectivity index (χ3n) is 4.14. The molecule has 5 heteroatoms. The van der Waals surface area contributed by atoms with Crippen molar-refractivity contribution in [3.8, 4) is 0 Å². The highest BCUT2D eigenvalue weighted by Crippen LogP contribution is 2.27. The summed E-state index contributed by atoms with van der Waals surface area (Å²) in [5.41, 5.74) is 2.54. The first kappa shape index (κ1) is 18.1. The van der Waals surface area contributed by atoms with Gasteiger partial charge >= 0.3 is 0 Å². The van der Waals surface area contributed by atoms with E-state index >= 15 is 0 Å². The van der Waals surface area contributed by atoms with Crippen LogP contribution in [0.2, 0.25) is 0 Å². The molecule has 1 aliphatic carbocycles. The van der Waals surface area contributed by atoms with E-state index in [1.54, 1.807) is 0 Å². The topological polar surface area (TPSA) is 39.7 Å². The van der Waals surface area contributed by atoms with Crippen LogP contribution in [0.15, 0.2) is 41.4 Å². The zero-order chi connectivity index (χ0) is 15.2. The van der Waals surface area contributed by atoms with Crippen LogP contribution in [0.5, 0.6) is 0 Å². The van der Waals surface area contributed by atoms with Gasteiger partial charge in [-0.25, -0.2) is 4.99 Å². The van der Waals surface area contributed by atoms with Crippen molar-refractivity contribution in [3.63, 3.8) is 0 Å². The minimum atomic E-state index is 0. The van der Waals surface area contributed by atoms with Crippen molar-refractivity contribution in [2.75, 3.05) is 31.1 Å². The highest BCUT2D eigenvalue weighted by molar-refractivity contribution is 14.0.